The molecule has 6 aromatic rings. The maximum atomic E-state index is 14.0. The molecule has 4 nitrogen and oxygen atoms in total. The van der Waals surface area contributed by atoms with Crippen molar-refractivity contribution in [3.05, 3.63) is 119 Å². The average Bonchev–Trinajstić information content (AvgIpc) is 3.18. The summed E-state index contributed by atoms with van der Waals surface area (Å²) < 4.78 is 192. The summed E-state index contributed by atoms with van der Waals surface area (Å²) in [7, 11) is -5.61. The number of phosphoric ester groups is 1. The van der Waals surface area contributed by atoms with Gasteiger partial charge in [0.05, 0.1) is 22.3 Å². The Kier molecular flexibility index (Phi) is 8.12. The molecule has 1 heterocycles. The molecule has 0 saturated heterocycles. The van der Waals surface area contributed by atoms with Gasteiger partial charge in [0.1, 0.15) is 11.5 Å². The average molecular weight is 772 g/mol. The number of rotatable bonds is 2. The maximum absolute atomic E-state index is 14.0. The molecule has 0 spiro atoms. The molecular formula is C36H17F12O4P. The molecule has 0 aliphatic carbocycles. The first-order valence-corrected chi connectivity index (χ1v) is 16.4. The van der Waals surface area contributed by atoms with E-state index in [0.29, 0.717) is 24.3 Å². The highest BCUT2D eigenvalue weighted by Gasteiger charge is 2.42. The number of halogens is 12. The summed E-state index contributed by atoms with van der Waals surface area (Å²) in [6.45, 7) is 0. The zero-order chi connectivity index (χ0) is 38.5. The van der Waals surface area contributed by atoms with E-state index >= 15 is 0 Å². The molecule has 0 aromatic heterocycles. The van der Waals surface area contributed by atoms with Crippen molar-refractivity contribution < 1.29 is 71.2 Å². The third kappa shape index (κ3) is 6.65. The van der Waals surface area contributed by atoms with Crippen LogP contribution in [0.2, 0.25) is 0 Å². The fourth-order valence-corrected chi connectivity index (χ4v) is 7.12. The lowest BCUT2D eigenvalue weighted by Gasteiger charge is -2.20. The van der Waals surface area contributed by atoms with E-state index in [1.165, 1.54) is 48.5 Å². The van der Waals surface area contributed by atoms with Crippen molar-refractivity contribution in [2.75, 3.05) is 0 Å². The lowest BCUT2D eigenvalue weighted by atomic mass is 9.85. The summed E-state index contributed by atoms with van der Waals surface area (Å²) in [6.07, 6.45) is -21.2. The SMILES string of the molecule is O=P1(O)Oc2c(-c3cc(C(F)(F)F)cc(C(F)(F)F)c3)cc3ccccc3c2-c2c(c(-c3cc(C(F)(F)F)cc(C(F)(F)F)c3)cc3ccccc23)O1. The van der Waals surface area contributed by atoms with Crippen LogP contribution >= 0.6 is 7.82 Å². The molecule has 0 fully saturated rings. The first-order valence-electron chi connectivity index (χ1n) is 14.9. The van der Waals surface area contributed by atoms with Crippen molar-refractivity contribution in [2.45, 2.75) is 24.7 Å². The van der Waals surface area contributed by atoms with E-state index in [1.54, 1.807) is 0 Å². The standard InChI is InChI=1S/C36H17F12O4P/c37-33(38,39)21-9-19(10-22(15-21)34(40,41)42)27-13-17-5-1-3-7-25(17)29-30-26-8-4-2-6-18(26)14-28(32(30)52-53(49,50)51-31(27)29)20-11-23(35(43,44)45)16-24(12-20)36(46,47)48/h1-16H,(H,49,50). The van der Waals surface area contributed by atoms with Gasteiger partial charge in [-0.25, -0.2) is 4.57 Å². The summed E-state index contributed by atoms with van der Waals surface area (Å²) in [5.74, 6) is -1.49. The van der Waals surface area contributed by atoms with Crippen LogP contribution < -0.4 is 9.05 Å². The molecule has 7 rings (SSSR count). The Balaban J connectivity index is 1.67. The molecule has 0 radical (unpaired) electrons. The normalized spacial score (nSPS) is 14.7. The van der Waals surface area contributed by atoms with Gasteiger partial charge >= 0.3 is 32.5 Å². The molecule has 0 atom stereocenters. The third-order valence-electron chi connectivity index (χ3n) is 8.46. The van der Waals surface area contributed by atoms with Crippen molar-refractivity contribution in [1.82, 2.24) is 0 Å². The van der Waals surface area contributed by atoms with Crippen molar-refractivity contribution in [2.24, 2.45) is 0 Å². The number of phosphoric acid groups is 1. The predicted octanol–water partition coefficient (Wildman–Crippen LogP) is 12.9. The minimum atomic E-state index is -5.61. The number of alkyl halides is 12. The van der Waals surface area contributed by atoms with Crippen molar-refractivity contribution >= 4 is 29.4 Å². The Hall–Kier alpha value is -5.21. The molecule has 0 saturated carbocycles. The number of hydrogen-bond donors (Lipinski definition) is 1. The fourth-order valence-electron chi connectivity index (χ4n) is 6.24. The summed E-state index contributed by atoms with van der Waals surface area (Å²) >= 11 is 0. The smallest absolute Gasteiger partial charge is 0.394 e. The number of fused-ring (bicyclic) bond motifs is 7. The highest BCUT2D eigenvalue weighted by Crippen LogP contribution is 2.62. The van der Waals surface area contributed by atoms with Crippen LogP contribution in [-0.2, 0) is 29.3 Å². The Morgan fingerprint density at radius 1 is 0.453 bits per heavy atom. The van der Waals surface area contributed by atoms with E-state index in [-0.39, 0.29) is 44.8 Å². The van der Waals surface area contributed by atoms with Crippen LogP contribution in [0.4, 0.5) is 52.7 Å². The molecule has 53 heavy (non-hydrogen) atoms. The Bertz CT molecular complexity index is 2280. The number of hydrogen-bond acceptors (Lipinski definition) is 3. The largest absolute Gasteiger partial charge is 0.584 e. The first-order chi connectivity index (χ1) is 24.5. The van der Waals surface area contributed by atoms with Gasteiger partial charge in [-0.15, -0.1) is 0 Å². The number of benzene rings is 6. The minimum Gasteiger partial charge on any atom is -0.394 e. The molecule has 1 aliphatic heterocycles. The lowest BCUT2D eigenvalue weighted by Crippen LogP contribution is -2.11. The van der Waals surface area contributed by atoms with Crippen molar-refractivity contribution in [1.29, 1.82) is 0 Å². The zero-order valence-electron chi connectivity index (χ0n) is 25.9. The van der Waals surface area contributed by atoms with Crippen molar-refractivity contribution in [3.8, 4) is 44.9 Å². The van der Waals surface area contributed by atoms with Crippen molar-refractivity contribution in [3.63, 3.8) is 0 Å². The third-order valence-corrected chi connectivity index (χ3v) is 9.29. The topological polar surface area (TPSA) is 55.8 Å². The molecule has 0 bridgehead atoms. The molecule has 1 N–H and O–H groups in total. The first kappa shape index (κ1) is 36.2. The van der Waals surface area contributed by atoms with Crippen LogP contribution in [0, 0.1) is 0 Å². The monoisotopic (exact) mass is 772 g/mol. The highest BCUT2D eigenvalue weighted by atomic mass is 31.2. The quantitative estimate of drug-likeness (QED) is 0.141. The molecule has 0 unspecified atom stereocenters. The fraction of sp³-hybridized carbons (Fsp3) is 0.111. The summed E-state index contributed by atoms with van der Waals surface area (Å²) in [5.41, 5.74) is -10.0. The van der Waals surface area contributed by atoms with Gasteiger partial charge in [0.25, 0.3) is 0 Å². The van der Waals surface area contributed by atoms with E-state index < -0.39 is 88.5 Å². The van der Waals surface area contributed by atoms with Gasteiger partial charge in [0, 0.05) is 22.3 Å². The zero-order valence-corrected chi connectivity index (χ0v) is 26.8. The van der Waals surface area contributed by atoms with Gasteiger partial charge in [0.15, 0.2) is 0 Å². The lowest BCUT2D eigenvalue weighted by molar-refractivity contribution is -0.144. The second-order valence-corrected chi connectivity index (χ2v) is 13.2. The summed E-state index contributed by atoms with van der Waals surface area (Å²) in [5, 5.41) is 0.514. The van der Waals surface area contributed by atoms with Crippen LogP contribution in [-0.4, -0.2) is 4.89 Å². The molecule has 6 aromatic carbocycles. The van der Waals surface area contributed by atoms with Crippen LogP contribution in [0.5, 0.6) is 11.5 Å². The molecule has 1 aliphatic rings. The van der Waals surface area contributed by atoms with Gasteiger partial charge in [-0.2, -0.15) is 52.7 Å². The van der Waals surface area contributed by atoms with Crippen LogP contribution in [0.3, 0.4) is 0 Å². The predicted molar refractivity (Wildman–Crippen MR) is 169 cm³/mol. The molecule has 0 amide bonds. The van der Waals surface area contributed by atoms with Crippen LogP contribution in [0.15, 0.2) is 97.1 Å². The van der Waals surface area contributed by atoms with E-state index in [2.05, 4.69) is 0 Å². The second-order valence-electron chi connectivity index (χ2n) is 11.9. The van der Waals surface area contributed by atoms with Crippen LogP contribution in [0.25, 0.3) is 54.9 Å². The van der Waals surface area contributed by atoms with Crippen LogP contribution in [0.1, 0.15) is 22.3 Å². The Labute approximate surface area is 289 Å². The summed E-state index contributed by atoms with van der Waals surface area (Å²) in [6, 6.07) is 15.0. The Morgan fingerprint density at radius 2 is 0.755 bits per heavy atom. The molecule has 274 valence electrons. The second kappa shape index (κ2) is 11.9. The minimum absolute atomic E-state index is 0.114. The molecule has 17 heteroatoms. The van der Waals surface area contributed by atoms with Gasteiger partial charge < -0.3 is 9.05 Å². The summed E-state index contributed by atoms with van der Waals surface area (Å²) in [4.78, 5) is 11.1. The van der Waals surface area contributed by atoms with Gasteiger partial charge in [0.2, 0.25) is 0 Å². The van der Waals surface area contributed by atoms with Gasteiger partial charge in [-0.05, 0) is 81.2 Å². The van der Waals surface area contributed by atoms with E-state index in [9.17, 15) is 62.1 Å². The molecular weight excluding hydrogens is 755 g/mol. The van der Waals surface area contributed by atoms with E-state index in [0.717, 1.165) is 12.1 Å². The van der Waals surface area contributed by atoms with Gasteiger partial charge in [-0.1, -0.05) is 48.5 Å². The highest BCUT2D eigenvalue weighted by molar-refractivity contribution is 7.48. The Morgan fingerprint density at radius 3 is 1.06 bits per heavy atom. The maximum Gasteiger partial charge on any atom is 0.584 e. The van der Waals surface area contributed by atoms with E-state index in [1.807, 2.05) is 0 Å². The van der Waals surface area contributed by atoms with Gasteiger partial charge in [-0.3, -0.25) is 4.89 Å². The van der Waals surface area contributed by atoms with E-state index in [4.69, 9.17) is 9.05 Å².